The lowest BCUT2D eigenvalue weighted by molar-refractivity contribution is -0.138. The molecule has 6 heteroatoms. The zero-order chi connectivity index (χ0) is 16.8. The second-order valence-electron chi connectivity index (χ2n) is 6.65. The molecule has 0 aromatic heterocycles. The molecule has 2 aliphatic carbocycles. The number of likely N-dealkylation sites (N-methyl/N-ethyl adjacent to an activating group) is 1. The molecule has 124 valence electrons. The highest BCUT2D eigenvalue weighted by atomic mass is 19.1. The Morgan fingerprint density at radius 3 is 2.35 bits per heavy atom. The number of carbonyl (C=O) groups is 2. The van der Waals surface area contributed by atoms with Gasteiger partial charge >= 0.3 is 0 Å². The summed E-state index contributed by atoms with van der Waals surface area (Å²) in [6.45, 7) is 0. The van der Waals surface area contributed by atoms with E-state index in [1.807, 2.05) is 0 Å². The fourth-order valence-electron chi connectivity index (χ4n) is 3.70. The van der Waals surface area contributed by atoms with Crippen molar-refractivity contribution in [1.29, 1.82) is 0 Å². The number of hydrogen-bond donors (Lipinski definition) is 2. The Hall–Kier alpha value is -1.95. The van der Waals surface area contributed by atoms with Crippen LogP contribution < -0.4 is 5.73 Å². The van der Waals surface area contributed by atoms with Gasteiger partial charge in [-0.25, -0.2) is 4.39 Å². The summed E-state index contributed by atoms with van der Waals surface area (Å²) >= 11 is 0. The van der Waals surface area contributed by atoms with E-state index in [0.29, 0.717) is 25.7 Å². The maximum Gasteiger partial charge on any atom is 0.233 e. The zero-order valence-electron chi connectivity index (χ0n) is 13.0. The highest BCUT2D eigenvalue weighted by molar-refractivity contribution is 5.91. The predicted octanol–water partition coefficient (Wildman–Crippen LogP) is 0.940. The summed E-state index contributed by atoms with van der Waals surface area (Å²) in [6, 6.07) is 5.60. The molecule has 0 heterocycles. The van der Waals surface area contributed by atoms with Crippen LogP contribution in [0, 0.1) is 11.7 Å². The number of aliphatic hydroxyl groups is 1. The third-order valence-electron chi connectivity index (χ3n) is 5.32. The van der Waals surface area contributed by atoms with Crippen molar-refractivity contribution in [2.24, 2.45) is 11.7 Å². The summed E-state index contributed by atoms with van der Waals surface area (Å²) in [6.07, 6.45) is 1.54. The van der Waals surface area contributed by atoms with Gasteiger partial charge in [0.05, 0.1) is 23.5 Å². The van der Waals surface area contributed by atoms with E-state index in [1.54, 1.807) is 24.1 Å². The van der Waals surface area contributed by atoms with Crippen LogP contribution in [0.5, 0.6) is 0 Å². The lowest BCUT2D eigenvalue weighted by Gasteiger charge is -2.31. The van der Waals surface area contributed by atoms with Gasteiger partial charge < -0.3 is 15.7 Å². The molecule has 0 saturated heterocycles. The van der Waals surface area contributed by atoms with Gasteiger partial charge in [0.1, 0.15) is 5.82 Å². The molecule has 1 aromatic rings. The molecule has 23 heavy (non-hydrogen) atoms. The molecule has 3 rings (SSSR count). The maximum absolute atomic E-state index is 13.1. The molecule has 0 bridgehead atoms. The van der Waals surface area contributed by atoms with Crippen LogP contribution in [0.15, 0.2) is 24.3 Å². The molecule has 3 N–H and O–H groups in total. The zero-order valence-corrected chi connectivity index (χ0v) is 13.0. The second-order valence-corrected chi connectivity index (χ2v) is 6.65. The lowest BCUT2D eigenvalue weighted by atomic mass is 9.93. The molecule has 0 spiro atoms. The van der Waals surface area contributed by atoms with Gasteiger partial charge in [0, 0.05) is 7.05 Å². The monoisotopic (exact) mass is 320 g/mol. The summed E-state index contributed by atoms with van der Waals surface area (Å²) in [5.41, 5.74) is 5.47. The molecule has 1 aromatic carbocycles. The maximum atomic E-state index is 13.1. The first kappa shape index (κ1) is 15.9. The van der Waals surface area contributed by atoms with Crippen LogP contribution in [-0.4, -0.2) is 41.0 Å². The quantitative estimate of drug-likeness (QED) is 0.866. The first-order valence-electron chi connectivity index (χ1n) is 7.87. The van der Waals surface area contributed by atoms with E-state index >= 15 is 0 Å². The van der Waals surface area contributed by atoms with Crippen LogP contribution in [0.25, 0.3) is 0 Å². The molecule has 5 nitrogen and oxygen atoms in total. The smallest absolute Gasteiger partial charge is 0.233 e. The van der Waals surface area contributed by atoms with Crippen molar-refractivity contribution in [2.75, 3.05) is 7.05 Å². The largest absolute Gasteiger partial charge is 0.390 e. The Kier molecular flexibility index (Phi) is 3.88. The normalized spacial score (nSPS) is 28.4. The fourth-order valence-corrected chi connectivity index (χ4v) is 3.70. The van der Waals surface area contributed by atoms with Crippen LogP contribution in [0.2, 0.25) is 0 Å². The highest BCUT2D eigenvalue weighted by Crippen LogP contribution is 2.50. The fraction of sp³-hybridized carbons (Fsp3) is 0.529. The van der Waals surface area contributed by atoms with Gasteiger partial charge in [0.15, 0.2) is 0 Å². The van der Waals surface area contributed by atoms with Crippen molar-refractivity contribution < 1.29 is 19.1 Å². The minimum atomic E-state index is -0.925. The van der Waals surface area contributed by atoms with Gasteiger partial charge in [-0.15, -0.1) is 0 Å². The van der Waals surface area contributed by atoms with Crippen LogP contribution in [0.4, 0.5) is 4.39 Å². The molecular weight excluding hydrogens is 299 g/mol. The minimum Gasteiger partial charge on any atom is -0.390 e. The number of primary amides is 1. The topological polar surface area (TPSA) is 83.6 Å². The highest BCUT2D eigenvalue weighted by Gasteiger charge is 2.54. The van der Waals surface area contributed by atoms with Crippen LogP contribution in [-0.2, 0) is 15.0 Å². The number of nitrogens with two attached hydrogens (primary N) is 1. The van der Waals surface area contributed by atoms with E-state index in [-0.39, 0.29) is 11.7 Å². The Morgan fingerprint density at radius 1 is 1.26 bits per heavy atom. The average molecular weight is 320 g/mol. The minimum absolute atomic E-state index is 0.0849. The standard InChI is InChI=1S/C17H21FN2O3/c1-20(13-7-6-12(14(13)21)15(19)22)16(23)17(8-9-17)10-2-4-11(18)5-3-10/h2-5,12-14,21H,6-9H2,1H3,(H2,19,22)/t12-,13-,14+/m1/s1. The molecule has 2 aliphatic rings. The molecular formula is C17H21FN2O3. The van der Waals surface area contributed by atoms with E-state index in [1.165, 1.54) is 12.1 Å². The van der Waals surface area contributed by atoms with Gasteiger partial charge in [-0.3, -0.25) is 9.59 Å². The van der Waals surface area contributed by atoms with Crippen molar-refractivity contribution in [2.45, 2.75) is 43.2 Å². The van der Waals surface area contributed by atoms with Gasteiger partial charge in [0.25, 0.3) is 0 Å². The number of rotatable bonds is 4. The third-order valence-corrected chi connectivity index (χ3v) is 5.32. The van der Waals surface area contributed by atoms with E-state index < -0.39 is 29.4 Å². The van der Waals surface area contributed by atoms with E-state index in [0.717, 1.165) is 5.56 Å². The van der Waals surface area contributed by atoms with Crippen LogP contribution in [0.3, 0.4) is 0 Å². The van der Waals surface area contributed by atoms with Crippen molar-refractivity contribution in [3.8, 4) is 0 Å². The Balaban J connectivity index is 1.78. The predicted molar refractivity (Wildman–Crippen MR) is 81.8 cm³/mol. The van der Waals surface area contributed by atoms with Crippen molar-refractivity contribution in [1.82, 2.24) is 4.90 Å². The Labute approximate surface area is 134 Å². The first-order chi connectivity index (χ1) is 10.9. The number of nitrogens with zero attached hydrogens (tertiary/aromatic N) is 1. The van der Waals surface area contributed by atoms with Crippen molar-refractivity contribution in [3.63, 3.8) is 0 Å². The SMILES string of the molecule is CN(C(=O)C1(c2ccc(F)cc2)CC1)[C@@H]1CC[C@@H](C(N)=O)[C@@H]1O. The Morgan fingerprint density at radius 2 is 1.87 bits per heavy atom. The molecule has 2 fully saturated rings. The number of halogens is 1. The number of amides is 2. The molecule has 0 radical (unpaired) electrons. The summed E-state index contributed by atoms with van der Waals surface area (Å²) in [4.78, 5) is 25.8. The van der Waals surface area contributed by atoms with Crippen molar-refractivity contribution >= 4 is 11.8 Å². The molecule has 0 aliphatic heterocycles. The van der Waals surface area contributed by atoms with Gasteiger partial charge in [0.2, 0.25) is 11.8 Å². The molecule has 2 amide bonds. The number of carbonyl (C=O) groups excluding carboxylic acids is 2. The summed E-state index contributed by atoms with van der Waals surface area (Å²) in [5, 5.41) is 10.3. The molecule has 3 atom stereocenters. The van der Waals surface area contributed by atoms with Gasteiger partial charge in [-0.2, -0.15) is 0 Å². The molecule has 2 saturated carbocycles. The van der Waals surface area contributed by atoms with E-state index in [4.69, 9.17) is 5.73 Å². The molecule has 0 unspecified atom stereocenters. The number of benzene rings is 1. The summed E-state index contributed by atoms with van der Waals surface area (Å²) < 4.78 is 13.1. The second kappa shape index (κ2) is 5.60. The van der Waals surface area contributed by atoms with Crippen LogP contribution in [0.1, 0.15) is 31.2 Å². The van der Waals surface area contributed by atoms with Crippen LogP contribution >= 0.6 is 0 Å². The lowest BCUT2D eigenvalue weighted by Crippen LogP contribution is -2.48. The number of hydrogen-bond acceptors (Lipinski definition) is 3. The Bertz CT molecular complexity index is 627. The summed E-state index contributed by atoms with van der Waals surface area (Å²) in [7, 11) is 1.66. The number of aliphatic hydroxyl groups excluding tert-OH is 1. The third kappa shape index (κ3) is 2.61. The van der Waals surface area contributed by atoms with Gasteiger partial charge in [-0.05, 0) is 43.4 Å². The van der Waals surface area contributed by atoms with Crippen molar-refractivity contribution in [3.05, 3.63) is 35.6 Å². The van der Waals surface area contributed by atoms with Gasteiger partial charge in [-0.1, -0.05) is 12.1 Å². The summed E-state index contributed by atoms with van der Waals surface area (Å²) in [5.74, 6) is -1.55. The van der Waals surface area contributed by atoms with E-state index in [9.17, 15) is 19.1 Å². The van der Waals surface area contributed by atoms with E-state index in [2.05, 4.69) is 0 Å². The first-order valence-corrected chi connectivity index (χ1v) is 7.87. The average Bonchev–Trinajstić information content (AvgIpc) is 3.23.